The maximum Gasteiger partial charge on any atom is 0.164 e. The van der Waals surface area contributed by atoms with Crippen LogP contribution in [-0.2, 0) is 0 Å². The zero-order chi connectivity index (χ0) is 33.5. The first kappa shape index (κ1) is 30.8. The molecule has 1 atom stereocenters. The van der Waals surface area contributed by atoms with Gasteiger partial charge in [0.05, 0.1) is 0 Å². The Morgan fingerprint density at radius 1 is 0.500 bits per heavy atom. The molecule has 0 N–H and O–H groups in total. The van der Waals surface area contributed by atoms with E-state index in [2.05, 4.69) is 151 Å². The van der Waals surface area contributed by atoms with E-state index in [0.29, 0.717) is 24.0 Å². The minimum Gasteiger partial charge on any atom is -0.292 e. The number of rotatable bonds is 6. The van der Waals surface area contributed by atoms with Gasteiger partial charge < -0.3 is 0 Å². The topological polar surface area (TPSA) is 51.0 Å². The lowest BCUT2D eigenvalue weighted by atomic mass is 9.96. The molecule has 1 aliphatic rings. The van der Waals surface area contributed by atoms with Crippen LogP contribution in [0.3, 0.4) is 0 Å². The van der Waals surface area contributed by atoms with Gasteiger partial charge in [-0.25, -0.2) is 15.0 Å². The minimum atomic E-state index is 0.164. The van der Waals surface area contributed by atoms with Crippen LogP contribution in [0.4, 0.5) is 0 Å². The van der Waals surface area contributed by atoms with Gasteiger partial charge in [-0.3, -0.25) is 4.99 Å². The van der Waals surface area contributed by atoms with Crippen LogP contribution in [0.15, 0.2) is 175 Å². The molecule has 0 saturated carbocycles. The summed E-state index contributed by atoms with van der Waals surface area (Å²) in [6.07, 6.45) is 18.2. The van der Waals surface area contributed by atoms with Crippen LogP contribution in [-0.4, -0.2) is 27.7 Å². The fraction of sp³-hybridized carbons (Fsp3) is 0.0435. The SMILES string of the molecule is C1=C\C=N/CC(c2ccc(-c3nc(/C=C/c4ccccc4-c4ccccc4)nc(-c4cc5ccccc5c5ccccc45)n3)cc2)\C=C\C=C/1. The van der Waals surface area contributed by atoms with E-state index >= 15 is 0 Å². The molecule has 7 aromatic rings. The second kappa shape index (κ2) is 14.3. The number of hydrogen-bond acceptors (Lipinski definition) is 4. The minimum absolute atomic E-state index is 0.164. The van der Waals surface area contributed by atoms with Gasteiger partial charge in [0.1, 0.15) is 0 Å². The smallest absolute Gasteiger partial charge is 0.164 e. The Bertz CT molecular complexity index is 2450. The molecule has 2 heterocycles. The Kier molecular flexibility index (Phi) is 8.81. The molecule has 0 amide bonds. The fourth-order valence-electron chi connectivity index (χ4n) is 6.48. The van der Waals surface area contributed by atoms with Crippen molar-refractivity contribution in [1.29, 1.82) is 0 Å². The van der Waals surface area contributed by atoms with E-state index in [1.807, 2.05) is 42.7 Å². The summed E-state index contributed by atoms with van der Waals surface area (Å²) in [5.41, 5.74) is 6.50. The number of allylic oxidation sites excluding steroid dienone is 5. The highest BCUT2D eigenvalue weighted by atomic mass is 15.0. The highest BCUT2D eigenvalue weighted by Crippen LogP contribution is 2.34. The summed E-state index contributed by atoms with van der Waals surface area (Å²) in [5.74, 6) is 2.03. The van der Waals surface area contributed by atoms with Crippen molar-refractivity contribution in [2.45, 2.75) is 5.92 Å². The fourth-order valence-corrected chi connectivity index (χ4v) is 6.48. The van der Waals surface area contributed by atoms with Crippen LogP contribution in [0.5, 0.6) is 0 Å². The highest BCUT2D eigenvalue weighted by molar-refractivity contribution is 6.13. The summed E-state index contributed by atoms with van der Waals surface area (Å²) < 4.78 is 0. The molecular formula is C46H34N4. The number of fused-ring (bicyclic) bond motifs is 3. The van der Waals surface area contributed by atoms with Crippen molar-refractivity contribution in [1.82, 2.24) is 15.0 Å². The second-order valence-electron chi connectivity index (χ2n) is 12.2. The Morgan fingerprint density at radius 2 is 1.20 bits per heavy atom. The molecule has 0 radical (unpaired) electrons. The summed E-state index contributed by atoms with van der Waals surface area (Å²) in [6.45, 7) is 0.679. The number of hydrogen-bond donors (Lipinski definition) is 0. The van der Waals surface area contributed by atoms with Gasteiger partial charge in [0, 0.05) is 29.8 Å². The van der Waals surface area contributed by atoms with Crippen molar-refractivity contribution in [2.75, 3.05) is 6.54 Å². The molecule has 0 fully saturated rings. The predicted octanol–water partition coefficient (Wildman–Crippen LogP) is 11.2. The third-order valence-electron chi connectivity index (χ3n) is 9.00. The summed E-state index contributed by atoms with van der Waals surface area (Å²) >= 11 is 0. The van der Waals surface area contributed by atoms with Crippen molar-refractivity contribution < 1.29 is 0 Å². The van der Waals surface area contributed by atoms with Gasteiger partial charge in [0.25, 0.3) is 0 Å². The van der Waals surface area contributed by atoms with Gasteiger partial charge in [-0.15, -0.1) is 0 Å². The summed E-state index contributed by atoms with van der Waals surface area (Å²) in [7, 11) is 0. The van der Waals surface area contributed by atoms with Crippen LogP contribution in [0.2, 0.25) is 0 Å². The molecule has 0 aliphatic carbocycles. The van der Waals surface area contributed by atoms with Crippen LogP contribution >= 0.6 is 0 Å². The summed E-state index contributed by atoms with van der Waals surface area (Å²) in [4.78, 5) is 19.8. The zero-order valence-electron chi connectivity index (χ0n) is 27.5. The first-order chi connectivity index (χ1) is 24.8. The van der Waals surface area contributed by atoms with E-state index in [4.69, 9.17) is 15.0 Å². The van der Waals surface area contributed by atoms with E-state index in [-0.39, 0.29) is 5.92 Å². The average molecular weight is 643 g/mol. The van der Waals surface area contributed by atoms with Crippen molar-refractivity contribution in [3.63, 3.8) is 0 Å². The largest absolute Gasteiger partial charge is 0.292 e. The Hall–Kier alpha value is -6.52. The molecule has 50 heavy (non-hydrogen) atoms. The van der Waals surface area contributed by atoms with Crippen molar-refractivity contribution in [3.05, 3.63) is 187 Å². The first-order valence-corrected chi connectivity index (χ1v) is 16.9. The van der Waals surface area contributed by atoms with Crippen molar-refractivity contribution in [2.24, 2.45) is 4.99 Å². The van der Waals surface area contributed by atoms with E-state index in [9.17, 15) is 0 Å². The lowest BCUT2D eigenvalue weighted by Gasteiger charge is -2.13. The van der Waals surface area contributed by atoms with E-state index in [0.717, 1.165) is 38.6 Å². The normalized spacial score (nSPS) is 17.1. The monoisotopic (exact) mass is 642 g/mol. The highest BCUT2D eigenvalue weighted by Gasteiger charge is 2.15. The molecule has 8 rings (SSSR count). The molecule has 4 nitrogen and oxygen atoms in total. The van der Waals surface area contributed by atoms with Crippen LogP contribution in [0, 0.1) is 0 Å². The van der Waals surface area contributed by atoms with Crippen LogP contribution < -0.4 is 0 Å². The second-order valence-corrected chi connectivity index (χ2v) is 12.2. The standard InChI is InChI=1S/C46H34N4/c1-2-5-19-38(32-47-30-14-3-1)33-24-26-36(27-25-33)45-48-44(29-28-35-17-8-10-20-39(35)34-15-6-4-7-16-34)49-46(50-45)43-31-37-18-9-11-21-40(37)41-22-12-13-23-42(41)43/h1-31,38H,32H2/b2-1-,14-3-,19-5+,29-28+,47-30-. The summed E-state index contributed by atoms with van der Waals surface area (Å²) in [6, 6.07) is 46.6. The maximum atomic E-state index is 5.13. The van der Waals surface area contributed by atoms with E-state index in [1.54, 1.807) is 0 Å². The molecule has 238 valence electrons. The van der Waals surface area contributed by atoms with Crippen molar-refractivity contribution in [3.8, 4) is 33.9 Å². The molecule has 0 spiro atoms. The molecule has 0 saturated heterocycles. The third-order valence-corrected chi connectivity index (χ3v) is 9.00. The molecule has 1 unspecified atom stereocenters. The zero-order valence-corrected chi connectivity index (χ0v) is 27.5. The molecule has 6 aromatic carbocycles. The average Bonchev–Trinajstić information content (AvgIpc) is 3.19. The number of aliphatic imine (C=N–C) groups is 1. The van der Waals surface area contributed by atoms with E-state index < -0.39 is 0 Å². The molecule has 0 bridgehead atoms. The van der Waals surface area contributed by atoms with Gasteiger partial charge in [-0.2, -0.15) is 0 Å². The summed E-state index contributed by atoms with van der Waals surface area (Å²) in [5, 5.41) is 4.63. The van der Waals surface area contributed by atoms with Crippen molar-refractivity contribution >= 4 is 39.9 Å². The lowest BCUT2D eigenvalue weighted by molar-refractivity contribution is 0.853. The quantitative estimate of drug-likeness (QED) is 0.170. The molecule has 1 aromatic heterocycles. The maximum absolute atomic E-state index is 5.13. The Morgan fingerprint density at radius 3 is 2.08 bits per heavy atom. The molecule has 1 aliphatic heterocycles. The molecule has 4 heteroatoms. The third kappa shape index (κ3) is 6.60. The molecular weight excluding hydrogens is 609 g/mol. The van der Waals surface area contributed by atoms with Gasteiger partial charge in [0.2, 0.25) is 0 Å². The number of aromatic nitrogens is 3. The Balaban J connectivity index is 1.24. The Labute approximate surface area is 292 Å². The predicted molar refractivity (Wildman–Crippen MR) is 210 cm³/mol. The number of benzene rings is 6. The van der Waals surface area contributed by atoms with Gasteiger partial charge in [-0.05, 0) is 62.0 Å². The first-order valence-electron chi connectivity index (χ1n) is 16.9. The van der Waals surface area contributed by atoms with Crippen LogP contribution in [0.25, 0.3) is 67.6 Å². The van der Waals surface area contributed by atoms with Crippen LogP contribution in [0.1, 0.15) is 22.9 Å². The van der Waals surface area contributed by atoms with Gasteiger partial charge in [-0.1, -0.05) is 164 Å². The number of nitrogens with zero attached hydrogens (tertiary/aromatic N) is 4. The van der Waals surface area contributed by atoms with Gasteiger partial charge >= 0.3 is 0 Å². The van der Waals surface area contributed by atoms with E-state index in [1.165, 1.54) is 16.3 Å². The van der Waals surface area contributed by atoms with Gasteiger partial charge in [0.15, 0.2) is 17.5 Å². The lowest BCUT2D eigenvalue weighted by Crippen LogP contribution is -2.02.